The molecule has 116 valence electrons. The molecule has 6 heteroatoms. The van der Waals surface area contributed by atoms with Crippen LogP contribution in [0.2, 0.25) is 5.02 Å². The van der Waals surface area contributed by atoms with Crippen molar-refractivity contribution in [2.75, 3.05) is 13.7 Å². The number of rotatable bonds is 3. The summed E-state index contributed by atoms with van der Waals surface area (Å²) in [5.74, 6) is -0.539. The van der Waals surface area contributed by atoms with E-state index in [1.807, 2.05) is 11.4 Å². The van der Waals surface area contributed by atoms with Crippen molar-refractivity contribution >= 4 is 28.9 Å². The molecule has 0 saturated heterocycles. The second-order valence-electron chi connectivity index (χ2n) is 5.40. The smallest absolute Gasteiger partial charge is 0.370 e. The summed E-state index contributed by atoms with van der Waals surface area (Å²) in [5, 5.41) is 15.8. The van der Waals surface area contributed by atoms with Gasteiger partial charge in [-0.25, -0.2) is 4.79 Å². The number of methoxy groups -OCH3 is 1. The molecule has 0 bridgehead atoms. The van der Waals surface area contributed by atoms with Crippen molar-refractivity contribution in [1.29, 1.82) is 0 Å². The number of esters is 1. The van der Waals surface area contributed by atoms with Crippen LogP contribution in [0.1, 0.15) is 22.0 Å². The van der Waals surface area contributed by atoms with Crippen LogP contribution in [0.3, 0.4) is 0 Å². The van der Waals surface area contributed by atoms with Gasteiger partial charge in [0.15, 0.2) is 0 Å². The number of fused-ring (bicyclic) bond motifs is 1. The fourth-order valence-corrected chi connectivity index (χ4v) is 4.21. The molecule has 0 N–H and O–H groups in total. The average Bonchev–Trinajstić information content (AvgIpc) is 2.96. The topological polar surface area (TPSA) is 49.4 Å². The molecule has 2 atom stereocenters. The number of hydroxylamine groups is 3. The standard InChI is InChI=1S/C16H16ClNO3S/c1-21-16(19)15(12-4-2-3-5-13(12)17)18(20)8-6-11-7-9-22-14(11)10-18/h2-5,7,9,15H,6,8,10H2,1H3/t15-,18?/m0/s1. The molecule has 0 amide bonds. The number of hydrogen-bond acceptors (Lipinski definition) is 4. The highest BCUT2D eigenvalue weighted by Crippen LogP contribution is 2.39. The van der Waals surface area contributed by atoms with Crippen molar-refractivity contribution in [3.8, 4) is 0 Å². The molecule has 0 radical (unpaired) electrons. The number of quaternary nitrogens is 1. The van der Waals surface area contributed by atoms with E-state index in [1.165, 1.54) is 12.7 Å². The fraction of sp³-hybridized carbons (Fsp3) is 0.312. The normalized spacial score (nSPS) is 22.0. The van der Waals surface area contributed by atoms with E-state index in [0.717, 1.165) is 4.88 Å². The maximum absolute atomic E-state index is 13.4. The lowest BCUT2D eigenvalue weighted by atomic mass is 10.00. The van der Waals surface area contributed by atoms with Crippen LogP contribution in [0.5, 0.6) is 0 Å². The maximum Gasteiger partial charge on any atom is 0.370 e. The third-order valence-electron chi connectivity index (χ3n) is 4.10. The molecule has 4 nitrogen and oxygen atoms in total. The van der Waals surface area contributed by atoms with E-state index in [1.54, 1.807) is 35.6 Å². The second kappa shape index (κ2) is 6.01. The molecule has 1 aromatic carbocycles. The van der Waals surface area contributed by atoms with Crippen LogP contribution in [-0.2, 0) is 22.5 Å². The minimum Gasteiger partial charge on any atom is -0.632 e. The number of hydrogen-bond donors (Lipinski definition) is 0. The molecule has 0 fully saturated rings. The third-order valence-corrected chi connectivity index (χ3v) is 5.40. The Kier molecular flexibility index (Phi) is 4.23. The minimum atomic E-state index is -0.950. The molecule has 1 aromatic heterocycles. The molecule has 1 aliphatic heterocycles. The van der Waals surface area contributed by atoms with Gasteiger partial charge >= 0.3 is 5.97 Å². The molecule has 1 unspecified atom stereocenters. The predicted octanol–water partition coefficient (Wildman–Crippen LogP) is 3.69. The van der Waals surface area contributed by atoms with Crippen LogP contribution in [-0.4, -0.2) is 24.3 Å². The van der Waals surface area contributed by atoms with E-state index in [4.69, 9.17) is 16.3 Å². The van der Waals surface area contributed by atoms with Gasteiger partial charge in [-0.2, -0.15) is 0 Å². The van der Waals surface area contributed by atoms with E-state index < -0.39 is 16.7 Å². The summed E-state index contributed by atoms with van der Waals surface area (Å²) in [6.07, 6.45) is 0.667. The predicted molar refractivity (Wildman–Crippen MR) is 86.4 cm³/mol. The summed E-state index contributed by atoms with van der Waals surface area (Å²) in [5.41, 5.74) is 1.74. The molecule has 22 heavy (non-hydrogen) atoms. The lowest BCUT2D eigenvalue weighted by molar-refractivity contribution is -0.917. The molecule has 0 spiro atoms. The summed E-state index contributed by atoms with van der Waals surface area (Å²) < 4.78 is 4.25. The van der Waals surface area contributed by atoms with Crippen LogP contribution in [0, 0.1) is 5.21 Å². The lowest BCUT2D eigenvalue weighted by Crippen LogP contribution is -2.51. The first-order valence-corrected chi connectivity index (χ1v) is 8.26. The van der Waals surface area contributed by atoms with Crippen LogP contribution >= 0.6 is 22.9 Å². The van der Waals surface area contributed by atoms with E-state index >= 15 is 0 Å². The van der Waals surface area contributed by atoms with Gasteiger partial charge in [0.25, 0.3) is 0 Å². The largest absolute Gasteiger partial charge is 0.632 e. The van der Waals surface area contributed by atoms with Gasteiger partial charge < -0.3 is 14.6 Å². The van der Waals surface area contributed by atoms with E-state index in [0.29, 0.717) is 23.6 Å². The Morgan fingerprint density at radius 2 is 2.18 bits per heavy atom. The van der Waals surface area contributed by atoms with E-state index in [9.17, 15) is 10.0 Å². The van der Waals surface area contributed by atoms with Crippen molar-refractivity contribution in [1.82, 2.24) is 0 Å². The highest BCUT2D eigenvalue weighted by Gasteiger charge is 2.41. The van der Waals surface area contributed by atoms with E-state index in [-0.39, 0.29) is 6.54 Å². The van der Waals surface area contributed by atoms with Crippen molar-refractivity contribution in [3.05, 3.63) is 61.9 Å². The summed E-state index contributed by atoms with van der Waals surface area (Å²) >= 11 is 7.79. The molecule has 3 rings (SSSR count). The Morgan fingerprint density at radius 1 is 1.41 bits per heavy atom. The fourth-order valence-electron chi connectivity index (χ4n) is 2.96. The van der Waals surface area contributed by atoms with Crippen molar-refractivity contribution in [2.24, 2.45) is 0 Å². The molecular weight excluding hydrogens is 322 g/mol. The van der Waals surface area contributed by atoms with Crippen LogP contribution in [0.25, 0.3) is 0 Å². The maximum atomic E-state index is 13.4. The minimum absolute atomic E-state index is 0.276. The third kappa shape index (κ3) is 2.65. The number of thiophene rings is 1. The molecular formula is C16H16ClNO3S. The summed E-state index contributed by atoms with van der Waals surface area (Å²) in [4.78, 5) is 13.4. The van der Waals surface area contributed by atoms with Crippen LogP contribution < -0.4 is 0 Å². The summed E-state index contributed by atoms with van der Waals surface area (Å²) in [7, 11) is 1.30. The van der Waals surface area contributed by atoms with Gasteiger partial charge in [0.2, 0.25) is 6.04 Å². The highest BCUT2D eigenvalue weighted by molar-refractivity contribution is 7.10. The zero-order valence-corrected chi connectivity index (χ0v) is 13.7. The number of halogens is 1. The monoisotopic (exact) mass is 337 g/mol. The Morgan fingerprint density at radius 3 is 2.91 bits per heavy atom. The zero-order chi connectivity index (χ0) is 15.7. The van der Waals surface area contributed by atoms with Gasteiger partial charge in [-0.05, 0) is 23.1 Å². The molecule has 0 aliphatic carbocycles. The number of carbonyl (C=O) groups is 1. The SMILES string of the molecule is COC(=O)[C@H](c1ccccc1Cl)[N+]1([O-])CCc2ccsc2C1. The number of carbonyl (C=O) groups excluding carboxylic acids is 1. The van der Waals surface area contributed by atoms with Crippen molar-refractivity contribution < 1.29 is 14.2 Å². The van der Waals surface area contributed by atoms with Crippen LogP contribution in [0.15, 0.2) is 35.7 Å². The quantitative estimate of drug-likeness (QED) is 0.487. The summed E-state index contributed by atoms with van der Waals surface area (Å²) in [6.45, 7) is 0.618. The first kappa shape index (κ1) is 15.5. The number of ether oxygens (including phenoxy) is 1. The van der Waals surface area contributed by atoms with Gasteiger partial charge in [0.05, 0.1) is 23.6 Å². The number of benzene rings is 1. The van der Waals surface area contributed by atoms with Crippen molar-refractivity contribution in [2.45, 2.75) is 19.0 Å². The molecule has 1 aliphatic rings. The Balaban J connectivity index is 2.04. The Bertz CT molecular complexity index is 702. The van der Waals surface area contributed by atoms with Gasteiger partial charge in [0.1, 0.15) is 6.54 Å². The van der Waals surface area contributed by atoms with Crippen molar-refractivity contribution in [3.63, 3.8) is 0 Å². The average molecular weight is 338 g/mol. The number of nitrogens with zero attached hydrogens (tertiary/aromatic N) is 1. The first-order valence-electron chi connectivity index (χ1n) is 7.00. The molecule has 0 saturated carbocycles. The van der Waals surface area contributed by atoms with Crippen LogP contribution in [0.4, 0.5) is 0 Å². The highest BCUT2D eigenvalue weighted by atomic mass is 35.5. The van der Waals surface area contributed by atoms with Gasteiger partial charge in [0, 0.05) is 12.0 Å². The lowest BCUT2D eigenvalue weighted by Gasteiger charge is -2.49. The zero-order valence-electron chi connectivity index (χ0n) is 12.1. The van der Waals surface area contributed by atoms with Gasteiger partial charge in [-0.1, -0.05) is 29.8 Å². The Labute approximate surface area is 138 Å². The van der Waals surface area contributed by atoms with Gasteiger partial charge in [-0.15, -0.1) is 11.3 Å². The first-order chi connectivity index (χ1) is 10.5. The van der Waals surface area contributed by atoms with E-state index in [2.05, 4.69) is 0 Å². The second-order valence-corrected chi connectivity index (χ2v) is 6.81. The molecule has 2 heterocycles. The molecule has 2 aromatic rings. The Hall–Kier alpha value is -1.40. The summed E-state index contributed by atoms with van der Waals surface area (Å²) in [6, 6.07) is 8.08. The van der Waals surface area contributed by atoms with Gasteiger partial charge in [-0.3, -0.25) is 0 Å².